The second-order valence-corrected chi connectivity index (χ2v) is 7.37. The average molecular weight is 540 g/mol. The summed E-state index contributed by atoms with van der Waals surface area (Å²) in [6.07, 6.45) is 4.44. The van der Waals surface area contributed by atoms with Crippen LogP contribution in [0.4, 0.5) is 0 Å². The molecule has 0 spiro atoms. The van der Waals surface area contributed by atoms with Crippen LogP contribution in [-0.2, 0) is 0 Å². The van der Waals surface area contributed by atoms with Gasteiger partial charge >= 0.3 is 0 Å². The number of rotatable bonds is 16. The molecule has 4 N–H and O–H groups in total. The van der Waals surface area contributed by atoms with Crippen molar-refractivity contribution in [2.45, 2.75) is 53.4 Å². The standard InChI is InChI=1S/2C10H24NO2.2BrH/c2*1-3-5-11(6-4-2,7-9-12)8-10-13;;/h2*12-13H,3-10H2,1-2H3;2*1H/q2*+1;;/p-2. The average Bonchev–Trinajstić information content (AvgIpc) is 2.57. The summed E-state index contributed by atoms with van der Waals surface area (Å²) in [7, 11) is 0. The van der Waals surface area contributed by atoms with Crippen LogP contribution in [0.3, 0.4) is 0 Å². The molecule has 0 aromatic rings. The number of hydrogen-bond donors (Lipinski definition) is 4. The van der Waals surface area contributed by atoms with E-state index in [1.807, 2.05) is 0 Å². The summed E-state index contributed by atoms with van der Waals surface area (Å²) in [4.78, 5) is 0. The molecule has 0 aliphatic rings. The van der Waals surface area contributed by atoms with Crippen LogP contribution in [-0.4, -0.2) is 108 Å². The number of hydrogen-bond acceptors (Lipinski definition) is 4. The highest BCUT2D eigenvalue weighted by molar-refractivity contribution is 4.45. The Labute approximate surface area is 195 Å². The van der Waals surface area contributed by atoms with Gasteiger partial charge in [0.25, 0.3) is 0 Å². The van der Waals surface area contributed by atoms with Crippen molar-refractivity contribution in [2.75, 3.05) is 78.8 Å². The molecular weight excluding hydrogens is 492 g/mol. The lowest BCUT2D eigenvalue weighted by Crippen LogP contribution is -3.00. The first-order valence-corrected chi connectivity index (χ1v) is 10.6. The molecule has 0 amide bonds. The van der Waals surface area contributed by atoms with Crippen LogP contribution >= 0.6 is 0 Å². The van der Waals surface area contributed by atoms with Crippen molar-refractivity contribution in [3.63, 3.8) is 0 Å². The maximum Gasteiger partial charge on any atom is 0.102 e. The number of quaternary nitrogens is 2. The van der Waals surface area contributed by atoms with Gasteiger partial charge in [-0.1, -0.05) is 27.7 Å². The highest BCUT2D eigenvalue weighted by Gasteiger charge is 2.24. The molecule has 0 fully saturated rings. The van der Waals surface area contributed by atoms with E-state index in [1.54, 1.807) is 0 Å². The maximum absolute atomic E-state index is 8.98. The van der Waals surface area contributed by atoms with Crippen LogP contribution in [0.25, 0.3) is 0 Å². The minimum Gasteiger partial charge on any atom is -1.00 e. The van der Waals surface area contributed by atoms with Crippen molar-refractivity contribution < 1.29 is 63.4 Å². The fraction of sp³-hybridized carbons (Fsp3) is 1.00. The van der Waals surface area contributed by atoms with Crippen molar-refractivity contribution in [2.24, 2.45) is 0 Å². The molecule has 0 aliphatic carbocycles. The van der Waals surface area contributed by atoms with Crippen LogP contribution in [0, 0.1) is 0 Å². The first-order chi connectivity index (χ1) is 12.5. The lowest BCUT2D eigenvalue weighted by Gasteiger charge is -2.37. The smallest absolute Gasteiger partial charge is 0.102 e. The molecule has 176 valence electrons. The zero-order valence-electron chi connectivity index (χ0n) is 18.8. The van der Waals surface area contributed by atoms with E-state index in [4.69, 9.17) is 20.4 Å². The van der Waals surface area contributed by atoms with Gasteiger partial charge in [0.2, 0.25) is 0 Å². The van der Waals surface area contributed by atoms with Gasteiger partial charge in [-0.3, -0.25) is 0 Å². The second-order valence-electron chi connectivity index (χ2n) is 7.37. The molecule has 0 radical (unpaired) electrons. The van der Waals surface area contributed by atoms with Gasteiger partial charge in [-0.2, -0.15) is 0 Å². The van der Waals surface area contributed by atoms with Gasteiger partial charge in [0, 0.05) is 0 Å². The third-order valence-corrected chi connectivity index (χ3v) is 5.09. The third-order valence-electron chi connectivity index (χ3n) is 5.09. The molecule has 6 nitrogen and oxygen atoms in total. The highest BCUT2D eigenvalue weighted by atomic mass is 79.9. The zero-order chi connectivity index (χ0) is 20.3. The van der Waals surface area contributed by atoms with Crippen LogP contribution in [0.15, 0.2) is 0 Å². The molecular formula is C20H48Br2N2O4. The van der Waals surface area contributed by atoms with Crippen LogP contribution in [0.1, 0.15) is 53.4 Å². The Kier molecular flexibility index (Phi) is 30.9. The lowest BCUT2D eigenvalue weighted by molar-refractivity contribution is -0.928. The van der Waals surface area contributed by atoms with E-state index in [0.717, 1.165) is 87.0 Å². The van der Waals surface area contributed by atoms with Crippen molar-refractivity contribution in [3.8, 4) is 0 Å². The SMILES string of the molecule is CCC[N+](CCC)(CCO)CCO.CCC[N+](CCC)(CCO)CCO.[Br-].[Br-]. The molecule has 0 aromatic heterocycles. The minimum atomic E-state index is 0. The lowest BCUT2D eigenvalue weighted by atomic mass is 10.2. The summed E-state index contributed by atoms with van der Waals surface area (Å²) in [6, 6.07) is 0. The normalized spacial score (nSPS) is 11.1. The zero-order valence-corrected chi connectivity index (χ0v) is 21.9. The maximum atomic E-state index is 8.98. The molecule has 28 heavy (non-hydrogen) atoms. The summed E-state index contributed by atoms with van der Waals surface area (Å²) < 4.78 is 1.75. The van der Waals surface area contributed by atoms with Gasteiger partial charge in [-0.15, -0.1) is 0 Å². The van der Waals surface area contributed by atoms with Gasteiger partial charge in [0.1, 0.15) is 26.2 Å². The van der Waals surface area contributed by atoms with Gasteiger partial charge in [0.15, 0.2) is 0 Å². The van der Waals surface area contributed by atoms with Crippen LogP contribution < -0.4 is 34.0 Å². The largest absolute Gasteiger partial charge is 1.00 e. The van der Waals surface area contributed by atoms with Crippen molar-refractivity contribution in [1.82, 2.24) is 0 Å². The molecule has 0 aliphatic heterocycles. The Morgan fingerprint density at radius 3 is 0.679 bits per heavy atom. The van der Waals surface area contributed by atoms with Crippen LogP contribution in [0.5, 0.6) is 0 Å². The van der Waals surface area contributed by atoms with Gasteiger partial charge in [0.05, 0.1) is 52.6 Å². The second kappa shape index (κ2) is 24.0. The van der Waals surface area contributed by atoms with E-state index in [-0.39, 0.29) is 60.4 Å². The first kappa shape index (κ1) is 36.1. The molecule has 0 saturated carbocycles. The van der Waals surface area contributed by atoms with Gasteiger partial charge in [-0.25, -0.2) is 0 Å². The van der Waals surface area contributed by atoms with Gasteiger partial charge < -0.3 is 63.4 Å². The number of aliphatic hydroxyl groups excluding tert-OH is 4. The molecule has 0 rings (SSSR count). The van der Waals surface area contributed by atoms with Gasteiger partial charge in [-0.05, 0) is 25.7 Å². The molecule has 0 unspecified atom stereocenters. The summed E-state index contributed by atoms with van der Waals surface area (Å²) in [5.74, 6) is 0. The molecule has 0 heterocycles. The van der Waals surface area contributed by atoms with Crippen molar-refractivity contribution in [3.05, 3.63) is 0 Å². The molecule has 0 bridgehead atoms. The monoisotopic (exact) mass is 538 g/mol. The van der Waals surface area contributed by atoms with E-state index < -0.39 is 0 Å². The Bertz CT molecular complexity index is 214. The predicted octanol–water partition coefficient (Wildman–Crippen LogP) is -4.78. The summed E-state index contributed by atoms with van der Waals surface area (Å²) >= 11 is 0. The molecule has 8 heteroatoms. The van der Waals surface area contributed by atoms with Crippen molar-refractivity contribution >= 4 is 0 Å². The van der Waals surface area contributed by atoms with E-state index >= 15 is 0 Å². The first-order valence-electron chi connectivity index (χ1n) is 10.6. The van der Waals surface area contributed by atoms with Crippen molar-refractivity contribution in [1.29, 1.82) is 0 Å². The quantitative estimate of drug-likeness (QED) is 0.148. The fourth-order valence-electron chi connectivity index (χ4n) is 4.09. The Morgan fingerprint density at radius 2 is 0.571 bits per heavy atom. The topological polar surface area (TPSA) is 80.9 Å². The molecule has 0 atom stereocenters. The predicted molar refractivity (Wildman–Crippen MR) is 109 cm³/mol. The molecule has 0 aromatic carbocycles. The summed E-state index contributed by atoms with van der Waals surface area (Å²) in [5, 5.41) is 35.9. The fourth-order valence-corrected chi connectivity index (χ4v) is 4.09. The van der Waals surface area contributed by atoms with E-state index in [0.29, 0.717) is 0 Å². The van der Waals surface area contributed by atoms with E-state index in [2.05, 4.69) is 27.7 Å². The Hall–Kier alpha value is 0.720. The number of aliphatic hydroxyl groups is 4. The van der Waals surface area contributed by atoms with E-state index in [1.165, 1.54) is 0 Å². The number of halogens is 2. The van der Waals surface area contributed by atoms with E-state index in [9.17, 15) is 0 Å². The highest BCUT2D eigenvalue weighted by Crippen LogP contribution is 2.09. The Balaban J connectivity index is -0.000000192. The third kappa shape index (κ3) is 16.5. The Morgan fingerprint density at radius 1 is 0.393 bits per heavy atom. The minimum absolute atomic E-state index is 0. The van der Waals surface area contributed by atoms with Crippen LogP contribution in [0.2, 0.25) is 0 Å². The number of nitrogens with zero attached hydrogens (tertiary/aromatic N) is 2. The molecule has 0 saturated heterocycles. The summed E-state index contributed by atoms with van der Waals surface area (Å²) in [6.45, 7) is 16.9. The summed E-state index contributed by atoms with van der Waals surface area (Å²) in [5.41, 5.74) is 0.